The lowest BCUT2D eigenvalue weighted by Gasteiger charge is -2.37. The summed E-state index contributed by atoms with van der Waals surface area (Å²) in [6, 6.07) is 21.9. The third-order valence-corrected chi connectivity index (χ3v) is 6.25. The zero-order valence-electron chi connectivity index (χ0n) is 19.0. The highest BCUT2D eigenvalue weighted by Gasteiger charge is 2.30. The van der Waals surface area contributed by atoms with E-state index in [0.29, 0.717) is 48.9 Å². The number of piperazine rings is 1. The van der Waals surface area contributed by atoms with Crippen LogP contribution in [0.25, 0.3) is 0 Å². The second-order valence-corrected chi connectivity index (χ2v) is 8.72. The molecule has 1 unspecified atom stereocenters. The average Bonchev–Trinajstić information content (AvgIpc) is 2.89. The van der Waals surface area contributed by atoms with Crippen LogP contribution in [0.15, 0.2) is 78.9 Å². The van der Waals surface area contributed by atoms with Gasteiger partial charge < -0.3 is 15.1 Å². The first-order valence-corrected chi connectivity index (χ1v) is 11.7. The smallest absolute Gasteiger partial charge is 0.292 e. The molecule has 4 rings (SSSR count). The van der Waals surface area contributed by atoms with Crippen molar-refractivity contribution in [2.24, 2.45) is 0 Å². The monoisotopic (exact) mass is 492 g/mol. The van der Waals surface area contributed by atoms with E-state index in [2.05, 4.69) is 5.32 Å². The molecule has 3 aromatic rings. The minimum Gasteiger partial charge on any atom is -0.362 e. The Hall–Kier alpha value is -3.91. The molecule has 8 nitrogen and oxygen atoms in total. The van der Waals surface area contributed by atoms with E-state index in [0.717, 1.165) is 5.56 Å². The maximum absolute atomic E-state index is 13.5. The molecule has 0 spiro atoms. The Balaban J connectivity index is 1.47. The predicted molar refractivity (Wildman–Crippen MR) is 135 cm³/mol. The summed E-state index contributed by atoms with van der Waals surface area (Å²) in [4.78, 5) is 41.0. The van der Waals surface area contributed by atoms with E-state index in [4.69, 9.17) is 11.6 Å². The van der Waals surface area contributed by atoms with Crippen LogP contribution in [-0.4, -0.2) is 53.9 Å². The van der Waals surface area contributed by atoms with Crippen molar-refractivity contribution in [3.05, 3.63) is 105 Å². The van der Waals surface area contributed by atoms with Crippen molar-refractivity contribution in [1.82, 2.24) is 10.2 Å². The Labute approximate surface area is 208 Å². The van der Waals surface area contributed by atoms with Crippen molar-refractivity contribution in [2.45, 2.75) is 12.5 Å². The number of nitro benzene ring substituents is 1. The molecule has 1 saturated heterocycles. The third-order valence-electron chi connectivity index (χ3n) is 6.00. The molecule has 180 valence electrons. The van der Waals surface area contributed by atoms with Gasteiger partial charge in [-0.3, -0.25) is 19.7 Å². The number of amides is 2. The minimum absolute atomic E-state index is 0.0458. The van der Waals surface area contributed by atoms with Crippen LogP contribution in [0.5, 0.6) is 0 Å². The van der Waals surface area contributed by atoms with Crippen LogP contribution >= 0.6 is 11.6 Å². The first-order chi connectivity index (χ1) is 16.9. The van der Waals surface area contributed by atoms with Crippen LogP contribution in [-0.2, 0) is 11.2 Å². The highest BCUT2D eigenvalue weighted by atomic mass is 35.5. The zero-order chi connectivity index (χ0) is 24.8. The lowest BCUT2D eigenvalue weighted by molar-refractivity contribution is -0.384. The van der Waals surface area contributed by atoms with E-state index in [9.17, 15) is 19.7 Å². The van der Waals surface area contributed by atoms with Gasteiger partial charge in [-0.05, 0) is 35.9 Å². The van der Waals surface area contributed by atoms with Crippen LogP contribution in [0.1, 0.15) is 15.9 Å². The van der Waals surface area contributed by atoms with Gasteiger partial charge in [-0.1, -0.05) is 54.1 Å². The predicted octanol–water partition coefficient (Wildman–Crippen LogP) is 3.94. The summed E-state index contributed by atoms with van der Waals surface area (Å²) in [5, 5.41) is 14.8. The van der Waals surface area contributed by atoms with E-state index in [1.807, 2.05) is 35.2 Å². The molecule has 0 aromatic heterocycles. The van der Waals surface area contributed by atoms with Gasteiger partial charge in [0.2, 0.25) is 5.91 Å². The number of benzene rings is 3. The van der Waals surface area contributed by atoms with E-state index in [1.54, 1.807) is 47.4 Å². The summed E-state index contributed by atoms with van der Waals surface area (Å²) in [6.45, 7) is 1.71. The number of hydrogen-bond acceptors (Lipinski definition) is 5. The molecule has 1 aliphatic heterocycles. The summed E-state index contributed by atoms with van der Waals surface area (Å²) in [5.74, 6) is -0.534. The summed E-state index contributed by atoms with van der Waals surface area (Å²) in [7, 11) is 0. The van der Waals surface area contributed by atoms with Crippen LogP contribution in [0.2, 0.25) is 5.02 Å². The Kier molecular flexibility index (Phi) is 7.62. The molecule has 1 N–H and O–H groups in total. The van der Waals surface area contributed by atoms with Crippen LogP contribution in [0, 0.1) is 10.1 Å². The number of halogens is 1. The Bertz CT molecular complexity index is 1200. The Morgan fingerprint density at radius 3 is 2.20 bits per heavy atom. The summed E-state index contributed by atoms with van der Waals surface area (Å²) in [5.41, 5.74) is 1.94. The molecule has 1 heterocycles. The van der Waals surface area contributed by atoms with Gasteiger partial charge in [0.05, 0.1) is 4.92 Å². The van der Waals surface area contributed by atoms with Crippen molar-refractivity contribution < 1.29 is 14.5 Å². The summed E-state index contributed by atoms with van der Waals surface area (Å²) >= 11 is 5.93. The van der Waals surface area contributed by atoms with E-state index >= 15 is 0 Å². The average molecular weight is 493 g/mol. The van der Waals surface area contributed by atoms with Crippen molar-refractivity contribution in [1.29, 1.82) is 0 Å². The Morgan fingerprint density at radius 2 is 1.54 bits per heavy atom. The SMILES string of the molecule is O=C(NC(Cc1ccccc1)C(=O)N1CCN(c2ccccc2[N+](=O)[O-])CC1)c1ccc(Cl)cc1. The maximum Gasteiger partial charge on any atom is 0.292 e. The lowest BCUT2D eigenvalue weighted by atomic mass is 10.0. The van der Waals surface area contributed by atoms with Crippen molar-refractivity contribution in [3.8, 4) is 0 Å². The van der Waals surface area contributed by atoms with E-state index < -0.39 is 11.0 Å². The normalized spacial score (nSPS) is 14.3. The van der Waals surface area contributed by atoms with Gasteiger partial charge in [0.25, 0.3) is 11.6 Å². The fourth-order valence-electron chi connectivity index (χ4n) is 4.17. The zero-order valence-corrected chi connectivity index (χ0v) is 19.7. The molecule has 0 saturated carbocycles. The topological polar surface area (TPSA) is 95.8 Å². The summed E-state index contributed by atoms with van der Waals surface area (Å²) in [6.07, 6.45) is 0.351. The standard InChI is InChI=1S/C26H25ClN4O4/c27-21-12-10-20(11-13-21)25(32)28-22(18-19-6-2-1-3-7-19)26(33)30-16-14-29(15-17-30)23-8-4-5-9-24(23)31(34)35/h1-13,22H,14-18H2,(H,28,32). The molecule has 0 aliphatic carbocycles. The molecular weight excluding hydrogens is 468 g/mol. The second kappa shape index (κ2) is 11.0. The third kappa shape index (κ3) is 5.96. The van der Waals surface area contributed by atoms with E-state index in [-0.39, 0.29) is 17.5 Å². The number of nitrogens with one attached hydrogen (secondary N) is 1. The van der Waals surface area contributed by atoms with E-state index in [1.165, 1.54) is 6.07 Å². The molecule has 3 aromatic carbocycles. The molecule has 9 heteroatoms. The number of para-hydroxylation sites is 2. The van der Waals surface area contributed by atoms with Crippen LogP contribution in [0.4, 0.5) is 11.4 Å². The summed E-state index contributed by atoms with van der Waals surface area (Å²) < 4.78 is 0. The quantitative estimate of drug-likeness (QED) is 0.398. The molecule has 0 radical (unpaired) electrons. The van der Waals surface area contributed by atoms with Crippen molar-refractivity contribution >= 4 is 34.8 Å². The molecule has 1 atom stereocenters. The maximum atomic E-state index is 13.5. The first-order valence-electron chi connectivity index (χ1n) is 11.3. The number of carbonyl (C=O) groups excluding carboxylic acids is 2. The molecule has 0 bridgehead atoms. The van der Waals surface area contributed by atoms with Gasteiger partial charge in [0, 0.05) is 49.3 Å². The second-order valence-electron chi connectivity index (χ2n) is 8.28. The Morgan fingerprint density at radius 1 is 0.914 bits per heavy atom. The molecular formula is C26H25ClN4O4. The van der Waals surface area contributed by atoms with Gasteiger partial charge in [-0.25, -0.2) is 0 Å². The molecule has 35 heavy (non-hydrogen) atoms. The van der Waals surface area contributed by atoms with Crippen molar-refractivity contribution in [3.63, 3.8) is 0 Å². The number of nitro groups is 1. The van der Waals surface area contributed by atoms with Crippen LogP contribution < -0.4 is 10.2 Å². The lowest BCUT2D eigenvalue weighted by Crippen LogP contribution is -2.55. The number of hydrogen-bond donors (Lipinski definition) is 1. The molecule has 1 aliphatic rings. The minimum atomic E-state index is -0.752. The largest absolute Gasteiger partial charge is 0.362 e. The number of carbonyl (C=O) groups is 2. The molecule has 2 amide bonds. The number of nitrogens with zero attached hydrogens (tertiary/aromatic N) is 3. The fourth-order valence-corrected chi connectivity index (χ4v) is 4.29. The van der Waals surface area contributed by atoms with Crippen molar-refractivity contribution in [2.75, 3.05) is 31.1 Å². The van der Waals surface area contributed by atoms with Gasteiger partial charge in [-0.15, -0.1) is 0 Å². The highest BCUT2D eigenvalue weighted by Crippen LogP contribution is 2.28. The van der Waals surface area contributed by atoms with Gasteiger partial charge in [-0.2, -0.15) is 0 Å². The van der Waals surface area contributed by atoms with Gasteiger partial charge in [0.15, 0.2) is 0 Å². The number of anilines is 1. The first kappa shape index (κ1) is 24.2. The molecule has 1 fully saturated rings. The van der Waals surface area contributed by atoms with Gasteiger partial charge in [0.1, 0.15) is 11.7 Å². The van der Waals surface area contributed by atoms with Gasteiger partial charge >= 0.3 is 0 Å². The fraction of sp³-hybridized carbons (Fsp3) is 0.231. The van der Waals surface area contributed by atoms with Crippen LogP contribution in [0.3, 0.4) is 0 Å². The number of rotatable bonds is 7. The highest BCUT2D eigenvalue weighted by molar-refractivity contribution is 6.30.